The number of hydrogen-bond acceptors (Lipinski definition) is 4. The van der Waals surface area contributed by atoms with E-state index in [-0.39, 0.29) is 5.92 Å². The molecule has 0 amide bonds. The highest BCUT2D eigenvalue weighted by molar-refractivity contribution is 7.10. The maximum atomic E-state index is 10.4. The van der Waals surface area contributed by atoms with E-state index < -0.39 is 6.10 Å². The molecule has 0 aliphatic rings. The van der Waals surface area contributed by atoms with Gasteiger partial charge in [-0.1, -0.05) is 18.2 Å². The summed E-state index contributed by atoms with van der Waals surface area (Å²) in [6, 6.07) is 11.5. The molecule has 3 N–H and O–H groups in total. The van der Waals surface area contributed by atoms with E-state index in [1.165, 1.54) is 0 Å². The number of benzene rings is 1. The van der Waals surface area contributed by atoms with E-state index in [4.69, 9.17) is 10.5 Å². The van der Waals surface area contributed by atoms with Crippen molar-refractivity contribution in [2.24, 2.45) is 5.73 Å². The molecule has 0 saturated carbocycles. The number of aliphatic hydroxyl groups is 1. The van der Waals surface area contributed by atoms with Crippen molar-refractivity contribution in [1.82, 2.24) is 0 Å². The Morgan fingerprint density at radius 3 is 2.78 bits per heavy atom. The van der Waals surface area contributed by atoms with Crippen LogP contribution in [0.3, 0.4) is 0 Å². The molecule has 2 rings (SSSR count). The first-order valence-corrected chi connectivity index (χ1v) is 6.69. The first-order chi connectivity index (χ1) is 8.76. The van der Waals surface area contributed by atoms with Gasteiger partial charge < -0.3 is 15.6 Å². The second-order valence-corrected chi connectivity index (χ2v) is 5.06. The largest absolute Gasteiger partial charge is 0.497 e. The topological polar surface area (TPSA) is 55.5 Å². The fourth-order valence-electron chi connectivity index (χ4n) is 1.96. The summed E-state index contributed by atoms with van der Waals surface area (Å²) in [6.07, 6.45) is -0.608. The Labute approximate surface area is 111 Å². The van der Waals surface area contributed by atoms with Gasteiger partial charge in [-0.2, -0.15) is 0 Å². The smallest absolute Gasteiger partial charge is 0.119 e. The van der Waals surface area contributed by atoms with Crippen molar-refractivity contribution in [3.8, 4) is 5.75 Å². The van der Waals surface area contributed by atoms with Crippen LogP contribution in [0.15, 0.2) is 41.8 Å². The van der Waals surface area contributed by atoms with Gasteiger partial charge in [-0.15, -0.1) is 11.3 Å². The van der Waals surface area contributed by atoms with Crippen LogP contribution in [-0.4, -0.2) is 18.8 Å². The number of rotatable bonds is 5. The van der Waals surface area contributed by atoms with Gasteiger partial charge in [0.25, 0.3) is 0 Å². The normalized spacial score (nSPS) is 14.2. The van der Waals surface area contributed by atoms with Crippen LogP contribution in [0.25, 0.3) is 0 Å². The molecule has 96 valence electrons. The minimum Gasteiger partial charge on any atom is -0.497 e. The minimum atomic E-state index is -0.608. The molecular formula is C14H17NO2S. The first kappa shape index (κ1) is 13.1. The van der Waals surface area contributed by atoms with Crippen LogP contribution < -0.4 is 10.5 Å². The van der Waals surface area contributed by atoms with E-state index in [1.54, 1.807) is 18.4 Å². The fourth-order valence-corrected chi connectivity index (χ4v) is 2.83. The zero-order valence-corrected chi connectivity index (χ0v) is 11.1. The Balaban J connectivity index is 2.25. The first-order valence-electron chi connectivity index (χ1n) is 5.81. The summed E-state index contributed by atoms with van der Waals surface area (Å²) < 4.78 is 5.17. The lowest BCUT2D eigenvalue weighted by molar-refractivity contribution is 0.148. The second kappa shape index (κ2) is 6.00. The third kappa shape index (κ3) is 2.72. The highest BCUT2D eigenvalue weighted by Gasteiger charge is 2.22. The van der Waals surface area contributed by atoms with Crippen molar-refractivity contribution in [2.75, 3.05) is 13.7 Å². The van der Waals surface area contributed by atoms with Crippen molar-refractivity contribution >= 4 is 11.3 Å². The molecule has 3 nitrogen and oxygen atoms in total. The Morgan fingerprint density at radius 1 is 1.33 bits per heavy atom. The number of ether oxygens (including phenoxy) is 1. The highest BCUT2D eigenvalue weighted by Crippen LogP contribution is 2.33. The van der Waals surface area contributed by atoms with Crippen LogP contribution in [0, 0.1) is 0 Å². The summed E-state index contributed by atoms with van der Waals surface area (Å²) in [7, 11) is 1.62. The molecule has 2 aromatic rings. The van der Waals surface area contributed by atoms with Crippen molar-refractivity contribution in [3.63, 3.8) is 0 Å². The average molecular weight is 263 g/mol. The molecule has 18 heavy (non-hydrogen) atoms. The molecule has 0 radical (unpaired) electrons. The molecule has 0 fully saturated rings. The van der Waals surface area contributed by atoms with Gasteiger partial charge >= 0.3 is 0 Å². The van der Waals surface area contributed by atoms with Crippen molar-refractivity contribution in [3.05, 3.63) is 52.2 Å². The Kier molecular flexibility index (Phi) is 4.36. The summed E-state index contributed by atoms with van der Waals surface area (Å²) in [6.45, 7) is 0.416. The predicted octanol–water partition coefficient (Wildman–Crippen LogP) is 2.53. The molecule has 1 heterocycles. The molecule has 0 bridgehead atoms. The molecule has 0 spiro atoms. The van der Waals surface area contributed by atoms with Crippen LogP contribution in [0.5, 0.6) is 5.75 Å². The van der Waals surface area contributed by atoms with E-state index in [2.05, 4.69) is 0 Å². The Hall–Kier alpha value is -1.36. The van der Waals surface area contributed by atoms with Gasteiger partial charge in [0.2, 0.25) is 0 Å². The van der Waals surface area contributed by atoms with Gasteiger partial charge in [0, 0.05) is 17.3 Å². The molecule has 0 aliphatic carbocycles. The third-order valence-electron chi connectivity index (χ3n) is 2.98. The van der Waals surface area contributed by atoms with Crippen LogP contribution in [0.2, 0.25) is 0 Å². The van der Waals surface area contributed by atoms with Crippen LogP contribution in [0.4, 0.5) is 0 Å². The summed E-state index contributed by atoms with van der Waals surface area (Å²) in [5, 5.41) is 12.4. The zero-order chi connectivity index (χ0) is 13.0. The summed E-state index contributed by atoms with van der Waals surface area (Å²) in [5.41, 5.74) is 6.62. The third-order valence-corrected chi connectivity index (χ3v) is 3.98. The SMILES string of the molecule is COc1cccc(C(O)C(CN)c2cccs2)c1. The van der Waals surface area contributed by atoms with Gasteiger partial charge in [0.15, 0.2) is 0 Å². The zero-order valence-electron chi connectivity index (χ0n) is 10.2. The molecule has 1 aromatic heterocycles. The van der Waals surface area contributed by atoms with Gasteiger partial charge in [-0.05, 0) is 29.1 Å². The molecule has 1 aromatic carbocycles. The molecule has 4 heteroatoms. The predicted molar refractivity (Wildman–Crippen MR) is 74.1 cm³/mol. The lowest BCUT2D eigenvalue weighted by Gasteiger charge is -2.21. The maximum Gasteiger partial charge on any atom is 0.119 e. The second-order valence-electron chi connectivity index (χ2n) is 4.08. The standard InChI is InChI=1S/C14H17NO2S/c1-17-11-5-2-4-10(8-11)14(16)12(9-15)13-6-3-7-18-13/h2-8,12,14,16H,9,15H2,1H3. The monoisotopic (exact) mass is 263 g/mol. The van der Waals surface area contributed by atoms with Crippen molar-refractivity contribution in [1.29, 1.82) is 0 Å². The molecule has 2 atom stereocenters. The number of hydrogen-bond donors (Lipinski definition) is 2. The fraction of sp³-hybridized carbons (Fsp3) is 0.286. The van der Waals surface area contributed by atoms with E-state index in [0.29, 0.717) is 6.54 Å². The Morgan fingerprint density at radius 2 is 2.17 bits per heavy atom. The lowest BCUT2D eigenvalue weighted by atomic mass is 9.94. The lowest BCUT2D eigenvalue weighted by Crippen LogP contribution is -2.19. The number of thiophene rings is 1. The quantitative estimate of drug-likeness (QED) is 0.871. The molecule has 0 saturated heterocycles. The number of aliphatic hydroxyl groups excluding tert-OH is 1. The van der Waals surface area contributed by atoms with Gasteiger partial charge in [0.05, 0.1) is 13.2 Å². The van der Waals surface area contributed by atoms with Crippen LogP contribution in [-0.2, 0) is 0 Å². The van der Waals surface area contributed by atoms with E-state index in [0.717, 1.165) is 16.2 Å². The molecule has 2 unspecified atom stereocenters. The summed E-state index contributed by atoms with van der Waals surface area (Å²) in [5.74, 6) is 0.672. The number of methoxy groups -OCH3 is 1. The molecule has 0 aliphatic heterocycles. The highest BCUT2D eigenvalue weighted by atomic mass is 32.1. The molecular weight excluding hydrogens is 246 g/mol. The van der Waals surface area contributed by atoms with Crippen LogP contribution in [0.1, 0.15) is 22.5 Å². The van der Waals surface area contributed by atoms with Crippen LogP contribution >= 0.6 is 11.3 Å². The maximum absolute atomic E-state index is 10.4. The Bertz CT molecular complexity index is 484. The summed E-state index contributed by atoms with van der Waals surface area (Å²) in [4.78, 5) is 1.10. The van der Waals surface area contributed by atoms with E-state index >= 15 is 0 Å². The summed E-state index contributed by atoms with van der Waals surface area (Å²) >= 11 is 1.62. The van der Waals surface area contributed by atoms with E-state index in [1.807, 2.05) is 41.8 Å². The van der Waals surface area contributed by atoms with E-state index in [9.17, 15) is 5.11 Å². The van der Waals surface area contributed by atoms with Gasteiger partial charge in [-0.25, -0.2) is 0 Å². The van der Waals surface area contributed by atoms with Crippen molar-refractivity contribution in [2.45, 2.75) is 12.0 Å². The van der Waals surface area contributed by atoms with Gasteiger partial charge in [-0.3, -0.25) is 0 Å². The average Bonchev–Trinajstić information content (AvgIpc) is 2.93. The van der Waals surface area contributed by atoms with Gasteiger partial charge in [0.1, 0.15) is 5.75 Å². The number of nitrogens with two attached hydrogens (primary N) is 1. The van der Waals surface area contributed by atoms with Crippen molar-refractivity contribution < 1.29 is 9.84 Å². The minimum absolute atomic E-state index is 0.0721.